The number of methoxy groups -OCH3 is 1. The third-order valence-corrected chi connectivity index (χ3v) is 12.2. The Morgan fingerprint density at radius 1 is 1.05 bits per heavy atom. The van der Waals surface area contributed by atoms with Crippen molar-refractivity contribution in [1.29, 1.82) is 0 Å². The van der Waals surface area contributed by atoms with Gasteiger partial charge in [-0.2, -0.15) is 0 Å². The van der Waals surface area contributed by atoms with Crippen LogP contribution < -0.4 is 4.74 Å². The number of hydrogen-bond donors (Lipinski definition) is 3. The van der Waals surface area contributed by atoms with Gasteiger partial charge < -0.3 is 20.2 Å². The molecule has 5 nitrogen and oxygen atoms in total. The van der Waals surface area contributed by atoms with Crippen LogP contribution in [0.5, 0.6) is 5.75 Å². The number of halogens is 3. The molecule has 0 radical (unpaired) electrons. The summed E-state index contributed by atoms with van der Waals surface area (Å²) in [4.78, 5) is 0. The molecule has 0 aromatic heterocycles. The van der Waals surface area contributed by atoms with Crippen LogP contribution in [0.2, 0.25) is 0 Å². The molecule has 4 aliphatic carbocycles. The number of fused-ring (bicyclic) bond motifs is 5. The quantitative estimate of drug-likeness (QED) is 0.188. The molecular formula is C32H46F3NO4. The van der Waals surface area contributed by atoms with E-state index in [4.69, 9.17) is 4.74 Å². The minimum absolute atomic E-state index is 0.0477. The zero-order valence-electron chi connectivity index (χ0n) is 24.3. The molecule has 4 aliphatic rings. The summed E-state index contributed by atoms with van der Waals surface area (Å²) in [7, 11) is 1.46. The first kappa shape index (κ1) is 29.7. The van der Waals surface area contributed by atoms with Crippen molar-refractivity contribution in [1.82, 2.24) is 0 Å². The zero-order chi connectivity index (χ0) is 29.0. The standard InChI is InChI=1S/C32H46F3NO4/c1-18(6-5-7-25(36-39)20-9-8-19(33)16-27(20)40-4)21-10-11-22-28-23(12-14-30(21,22)2)31(3)15-13-26(37)29(38)24(31)17-32(28,34)35/h8-9,16,18,21-24,26,28-29,37-39H,5-7,10-15,17H2,1-4H3/b36-25+/t18-,21-,22+,23+,24+,26+,28+,29-,30-,31-/m1/s1. The number of hydrogen-bond acceptors (Lipinski definition) is 5. The van der Waals surface area contributed by atoms with Gasteiger partial charge in [-0.1, -0.05) is 32.3 Å². The summed E-state index contributed by atoms with van der Waals surface area (Å²) >= 11 is 0. The highest BCUT2D eigenvalue weighted by molar-refractivity contribution is 6.02. The third kappa shape index (κ3) is 4.75. The molecule has 4 fully saturated rings. The minimum atomic E-state index is -2.85. The molecule has 0 spiro atoms. The topological polar surface area (TPSA) is 82.3 Å². The maximum absolute atomic E-state index is 16.0. The van der Waals surface area contributed by atoms with Crippen LogP contribution in [-0.2, 0) is 0 Å². The molecule has 1 aromatic rings. The van der Waals surface area contributed by atoms with Crippen molar-refractivity contribution in [3.63, 3.8) is 0 Å². The van der Waals surface area contributed by atoms with Crippen molar-refractivity contribution in [2.24, 2.45) is 51.5 Å². The number of ether oxygens (including phenoxy) is 1. The van der Waals surface area contributed by atoms with Crippen molar-refractivity contribution in [3.8, 4) is 5.75 Å². The summed E-state index contributed by atoms with van der Waals surface area (Å²) in [5, 5.41) is 34.2. The zero-order valence-corrected chi connectivity index (χ0v) is 24.3. The van der Waals surface area contributed by atoms with Crippen molar-refractivity contribution < 1.29 is 33.3 Å². The lowest BCUT2D eigenvalue weighted by atomic mass is 9.43. The second kappa shape index (κ2) is 10.8. The van der Waals surface area contributed by atoms with Gasteiger partial charge in [-0.05, 0) is 104 Å². The van der Waals surface area contributed by atoms with Gasteiger partial charge in [0.05, 0.1) is 25.0 Å². The summed E-state index contributed by atoms with van der Waals surface area (Å²) in [5.74, 6) is -3.69. The summed E-state index contributed by atoms with van der Waals surface area (Å²) < 4.78 is 51.0. The van der Waals surface area contributed by atoms with E-state index in [1.165, 1.54) is 19.2 Å². The summed E-state index contributed by atoms with van der Waals surface area (Å²) in [5.41, 5.74) is 0.493. The Bertz CT molecular complexity index is 1110. The molecule has 0 bridgehead atoms. The van der Waals surface area contributed by atoms with Crippen molar-refractivity contribution >= 4 is 5.71 Å². The maximum Gasteiger partial charge on any atom is 0.251 e. The number of aliphatic hydroxyl groups is 2. The fourth-order valence-corrected chi connectivity index (χ4v) is 10.1. The molecule has 224 valence electrons. The number of nitrogens with zero attached hydrogens (tertiary/aromatic N) is 1. The van der Waals surface area contributed by atoms with E-state index in [9.17, 15) is 19.8 Å². The summed E-state index contributed by atoms with van der Waals surface area (Å²) in [6.07, 6.45) is 4.44. The van der Waals surface area contributed by atoms with Gasteiger partial charge in [0.1, 0.15) is 11.6 Å². The lowest BCUT2D eigenvalue weighted by molar-refractivity contribution is -0.258. The van der Waals surface area contributed by atoms with E-state index in [0.29, 0.717) is 48.1 Å². The predicted octanol–water partition coefficient (Wildman–Crippen LogP) is 7.05. The average Bonchev–Trinajstić information content (AvgIpc) is 3.27. The lowest BCUT2D eigenvalue weighted by Crippen LogP contribution is -2.64. The van der Waals surface area contributed by atoms with Gasteiger partial charge >= 0.3 is 0 Å². The number of benzene rings is 1. The fraction of sp³-hybridized carbons (Fsp3) is 0.781. The molecule has 10 atom stereocenters. The van der Waals surface area contributed by atoms with Gasteiger partial charge in [0.2, 0.25) is 0 Å². The highest BCUT2D eigenvalue weighted by Crippen LogP contribution is 2.71. The van der Waals surface area contributed by atoms with Gasteiger partial charge in [0.25, 0.3) is 5.92 Å². The van der Waals surface area contributed by atoms with Crippen molar-refractivity contribution in [3.05, 3.63) is 29.6 Å². The Kier molecular flexibility index (Phi) is 8.01. The highest BCUT2D eigenvalue weighted by Gasteiger charge is 2.69. The molecule has 5 rings (SSSR count). The molecule has 1 aromatic carbocycles. The van der Waals surface area contributed by atoms with Crippen LogP contribution in [0.4, 0.5) is 13.2 Å². The van der Waals surface area contributed by atoms with Crippen LogP contribution in [0, 0.1) is 52.2 Å². The smallest absolute Gasteiger partial charge is 0.251 e. The molecule has 0 heterocycles. The van der Waals surface area contributed by atoms with Gasteiger partial charge in [-0.25, -0.2) is 13.2 Å². The fourth-order valence-electron chi connectivity index (χ4n) is 10.1. The number of rotatable bonds is 7. The molecule has 0 saturated heterocycles. The first-order chi connectivity index (χ1) is 18.9. The summed E-state index contributed by atoms with van der Waals surface area (Å²) in [6, 6.07) is 4.16. The molecule has 0 amide bonds. The first-order valence-electron chi connectivity index (χ1n) is 15.2. The van der Waals surface area contributed by atoms with Crippen LogP contribution in [-0.4, -0.2) is 46.4 Å². The molecule has 4 saturated carbocycles. The Balaban J connectivity index is 1.28. The van der Waals surface area contributed by atoms with Crippen molar-refractivity contribution in [2.75, 3.05) is 7.11 Å². The molecule has 3 N–H and O–H groups in total. The SMILES string of the molecule is COc1cc(F)ccc1/C(CCC[C@@H](C)[C@H]1CC[C@H]2[C@H]3[C@H](CC[C@]12C)[C@@]1(C)CC[C@H](O)[C@H](O)[C@@H]1CC3(F)F)=N/O. The van der Waals surface area contributed by atoms with E-state index in [1.54, 1.807) is 6.07 Å². The average molecular weight is 566 g/mol. The van der Waals surface area contributed by atoms with Gasteiger partial charge in [-0.15, -0.1) is 0 Å². The monoisotopic (exact) mass is 565 g/mol. The molecule has 40 heavy (non-hydrogen) atoms. The normalized spacial score (nSPS) is 41.5. The van der Waals surface area contributed by atoms with Gasteiger partial charge in [0.15, 0.2) is 0 Å². The van der Waals surface area contributed by atoms with E-state index in [2.05, 4.69) is 25.9 Å². The van der Waals surface area contributed by atoms with E-state index in [-0.39, 0.29) is 29.1 Å². The van der Waals surface area contributed by atoms with E-state index < -0.39 is 35.8 Å². The molecular weight excluding hydrogens is 519 g/mol. The minimum Gasteiger partial charge on any atom is -0.496 e. The third-order valence-electron chi connectivity index (χ3n) is 12.2. The summed E-state index contributed by atoms with van der Waals surface area (Å²) in [6.45, 7) is 6.58. The molecule has 0 unspecified atom stereocenters. The van der Waals surface area contributed by atoms with Crippen LogP contribution in [0.25, 0.3) is 0 Å². The second-order valence-corrected chi connectivity index (χ2v) is 13.9. The highest BCUT2D eigenvalue weighted by atomic mass is 19.3. The lowest BCUT2D eigenvalue weighted by Gasteiger charge is -2.63. The molecule has 0 aliphatic heterocycles. The second-order valence-electron chi connectivity index (χ2n) is 13.9. The van der Waals surface area contributed by atoms with E-state index in [0.717, 1.165) is 38.5 Å². The van der Waals surface area contributed by atoms with Gasteiger partial charge in [-0.3, -0.25) is 0 Å². The first-order valence-corrected chi connectivity index (χ1v) is 15.2. The van der Waals surface area contributed by atoms with Crippen LogP contribution in [0.15, 0.2) is 23.4 Å². The Hall–Kier alpha value is -1.80. The van der Waals surface area contributed by atoms with Crippen molar-refractivity contribution in [2.45, 2.75) is 103 Å². The Morgan fingerprint density at radius 2 is 1.75 bits per heavy atom. The van der Waals surface area contributed by atoms with Crippen LogP contribution in [0.1, 0.15) is 90.5 Å². The maximum atomic E-state index is 16.0. The number of alkyl halides is 2. The largest absolute Gasteiger partial charge is 0.496 e. The van der Waals surface area contributed by atoms with Crippen LogP contribution in [0.3, 0.4) is 0 Å². The number of aliphatic hydroxyl groups excluding tert-OH is 2. The molecule has 8 heteroatoms. The Labute approximate surface area is 236 Å². The van der Waals surface area contributed by atoms with Gasteiger partial charge in [0, 0.05) is 24.0 Å². The predicted molar refractivity (Wildman–Crippen MR) is 147 cm³/mol. The Morgan fingerprint density at radius 3 is 2.45 bits per heavy atom. The van der Waals surface area contributed by atoms with E-state index >= 15 is 8.78 Å². The van der Waals surface area contributed by atoms with E-state index in [1.807, 2.05) is 0 Å². The van der Waals surface area contributed by atoms with Crippen LogP contribution >= 0.6 is 0 Å². The number of oxime groups is 1.